The van der Waals surface area contributed by atoms with Crippen molar-refractivity contribution in [3.05, 3.63) is 29.6 Å². The van der Waals surface area contributed by atoms with E-state index in [-0.39, 0.29) is 17.5 Å². The van der Waals surface area contributed by atoms with Gasteiger partial charge in [-0.1, -0.05) is 20.8 Å². The van der Waals surface area contributed by atoms with Crippen LogP contribution in [0.25, 0.3) is 11.0 Å². The highest BCUT2D eigenvalue weighted by Gasteiger charge is 2.24. The topological polar surface area (TPSA) is 98.2 Å². The zero-order valence-electron chi connectivity index (χ0n) is 11.7. The molecule has 106 valence electrons. The highest BCUT2D eigenvalue weighted by Crippen LogP contribution is 2.27. The van der Waals surface area contributed by atoms with Crippen molar-refractivity contribution >= 4 is 22.9 Å². The Morgan fingerprint density at radius 2 is 2.00 bits per heavy atom. The molecule has 0 saturated heterocycles. The molecule has 20 heavy (non-hydrogen) atoms. The number of carbonyl (C=O) groups excluding carboxylic acids is 1. The third kappa shape index (κ3) is 2.49. The molecule has 0 radical (unpaired) electrons. The molecule has 3 N–H and O–H groups in total. The number of imidazole rings is 1. The molecule has 0 fully saturated rings. The van der Waals surface area contributed by atoms with Gasteiger partial charge in [0.2, 0.25) is 5.91 Å². The second-order valence-corrected chi connectivity index (χ2v) is 5.75. The summed E-state index contributed by atoms with van der Waals surface area (Å²) in [5.74, 6) is -0.805. The largest absolute Gasteiger partial charge is 0.478 e. The Labute approximate surface area is 116 Å². The Bertz CT molecular complexity index is 695. The fourth-order valence-corrected chi connectivity index (χ4v) is 2.14. The molecule has 2 aromatic rings. The number of hydrogen-bond donors (Lipinski definition) is 2. The number of amides is 1. The lowest BCUT2D eigenvalue weighted by Gasteiger charge is -2.19. The lowest BCUT2D eigenvalue weighted by atomic mass is 9.95. The van der Waals surface area contributed by atoms with Crippen LogP contribution in [-0.2, 0) is 16.8 Å². The number of rotatable bonds is 3. The van der Waals surface area contributed by atoms with Crippen LogP contribution in [0.15, 0.2) is 18.2 Å². The molecule has 0 spiro atoms. The zero-order chi connectivity index (χ0) is 15.1. The molecule has 0 aliphatic rings. The van der Waals surface area contributed by atoms with E-state index >= 15 is 0 Å². The first-order valence-corrected chi connectivity index (χ1v) is 6.22. The van der Waals surface area contributed by atoms with Crippen molar-refractivity contribution in [1.82, 2.24) is 9.55 Å². The summed E-state index contributed by atoms with van der Waals surface area (Å²) < 4.78 is 1.68. The van der Waals surface area contributed by atoms with Crippen LogP contribution in [0.3, 0.4) is 0 Å². The van der Waals surface area contributed by atoms with Crippen LogP contribution in [-0.4, -0.2) is 26.5 Å². The average molecular weight is 275 g/mol. The quantitative estimate of drug-likeness (QED) is 0.887. The number of primary amides is 1. The number of carboxylic acids is 1. The predicted molar refractivity (Wildman–Crippen MR) is 74.6 cm³/mol. The molecular weight excluding hydrogens is 258 g/mol. The summed E-state index contributed by atoms with van der Waals surface area (Å²) in [6, 6.07) is 4.66. The third-order valence-corrected chi connectivity index (χ3v) is 2.98. The van der Waals surface area contributed by atoms with Crippen molar-refractivity contribution in [2.24, 2.45) is 5.73 Å². The number of benzene rings is 1. The monoisotopic (exact) mass is 275 g/mol. The first-order valence-electron chi connectivity index (χ1n) is 6.22. The Kier molecular flexibility index (Phi) is 3.25. The van der Waals surface area contributed by atoms with Crippen LogP contribution in [0.1, 0.15) is 37.0 Å². The van der Waals surface area contributed by atoms with Crippen LogP contribution < -0.4 is 5.73 Å². The molecule has 0 aliphatic carbocycles. The molecular formula is C14H17N3O3. The van der Waals surface area contributed by atoms with Gasteiger partial charge in [0.05, 0.1) is 16.6 Å². The molecule has 0 atom stereocenters. The molecule has 1 amide bonds. The molecule has 0 bridgehead atoms. The SMILES string of the molecule is CC(C)(C)c1nc2ccc(C(=O)O)cc2n1CC(N)=O. The summed E-state index contributed by atoms with van der Waals surface area (Å²) in [5, 5.41) is 9.06. The van der Waals surface area contributed by atoms with E-state index in [1.54, 1.807) is 10.6 Å². The minimum Gasteiger partial charge on any atom is -0.478 e. The number of aromatic carboxylic acids is 1. The summed E-state index contributed by atoms with van der Waals surface area (Å²) in [4.78, 5) is 26.8. The maximum Gasteiger partial charge on any atom is 0.335 e. The highest BCUT2D eigenvalue weighted by atomic mass is 16.4. The zero-order valence-corrected chi connectivity index (χ0v) is 11.7. The molecule has 0 saturated carbocycles. The van der Waals surface area contributed by atoms with Gasteiger partial charge in [-0.15, -0.1) is 0 Å². The van der Waals surface area contributed by atoms with Crippen LogP contribution >= 0.6 is 0 Å². The van der Waals surface area contributed by atoms with Crippen LogP contribution in [0, 0.1) is 0 Å². The third-order valence-electron chi connectivity index (χ3n) is 2.98. The number of fused-ring (bicyclic) bond motifs is 1. The lowest BCUT2D eigenvalue weighted by Crippen LogP contribution is -2.25. The molecule has 1 aromatic carbocycles. The smallest absolute Gasteiger partial charge is 0.335 e. The number of aromatic nitrogens is 2. The van der Waals surface area contributed by atoms with Gasteiger partial charge in [0.25, 0.3) is 0 Å². The predicted octanol–water partition coefficient (Wildman–Crippen LogP) is 1.52. The Morgan fingerprint density at radius 1 is 1.35 bits per heavy atom. The summed E-state index contributed by atoms with van der Waals surface area (Å²) in [5.41, 5.74) is 6.42. The Hall–Kier alpha value is -2.37. The van der Waals surface area contributed by atoms with E-state index in [0.29, 0.717) is 16.9 Å². The highest BCUT2D eigenvalue weighted by molar-refractivity contribution is 5.93. The number of carbonyl (C=O) groups is 2. The van der Waals surface area contributed by atoms with Gasteiger partial charge in [-0.2, -0.15) is 0 Å². The van der Waals surface area contributed by atoms with Crippen molar-refractivity contribution < 1.29 is 14.7 Å². The first-order chi connectivity index (χ1) is 9.20. The van der Waals surface area contributed by atoms with E-state index in [0.717, 1.165) is 0 Å². The van der Waals surface area contributed by atoms with Crippen molar-refractivity contribution in [1.29, 1.82) is 0 Å². The van der Waals surface area contributed by atoms with Crippen LogP contribution in [0.2, 0.25) is 0 Å². The van der Waals surface area contributed by atoms with Crippen LogP contribution in [0.4, 0.5) is 0 Å². The standard InChI is InChI=1S/C14H17N3O3/c1-14(2,3)13-16-9-5-4-8(12(19)20)6-10(9)17(13)7-11(15)18/h4-6H,7H2,1-3H3,(H2,15,18)(H,19,20). The summed E-state index contributed by atoms with van der Waals surface area (Å²) >= 11 is 0. The van der Waals surface area contributed by atoms with Gasteiger partial charge in [-0.25, -0.2) is 9.78 Å². The molecule has 1 heterocycles. The molecule has 0 unspecified atom stereocenters. The number of nitrogens with two attached hydrogens (primary N) is 1. The van der Waals surface area contributed by atoms with Gasteiger partial charge < -0.3 is 15.4 Å². The van der Waals surface area contributed by atoms with Crippen molar-refractivity contribution in [3.8, 4) is 0 Å². The van der Waals surface area contributed by atoms with E-state index in [1.165, 1.54) is 12.1 Å². The number of hydrogen-bond acceptors (Lipinski definition) is 3. The molecule has 1 aromatic heterocycles. The second kappa shape index (κ2) is 4.63. The normalized spacial score (nSPS) is 11.8. The van der Waals surface area contributed by atoms with E-state index in [9.17, 15) is 9.59 Å². The van der Waals surface area contributed by atoms with Gasteiger partial charge >= 0.3 is 5.97 Å². The summed E-state index contributed by atoms with van der Waals surface area (Å²) in [6.45, 7) is 5.91. The summed E-state index contributed by atoms with van der Waals surface area (Å²) in [6.07, 6.45) is 0. The van der Waals surface area contributed by atoms with Gasteiger partial charge in [0, 0.05) is 5.41 Å². The molecule has 2 rings (SSSR count). The maximum atomic E-state index is 11.3. The van der Waals surface area contributed by atoms with Crippen molar-refractivity contribution in [2.75, 3.05) is 0 Å². The molecule has 6 heteroatoms. The average Bonchev–Trinajstić information content (AvgIpc) is 2.66. The Balaban J connectivity index is 2.74. The van der Waals surface area contributed by atoms with Crippen LogP contribution in [0.5, 0.6) is 0 Å². The lowest BCUT2D eigenvalue weighted by molar-refractivity contribution is -0.118. The van der Waals surface area contributed by atoms with Gasteiger partial charge in [0.15, 0.2) is 0 Å². The second-order valence-electron chi connectivity index (χ2n) is 5.75. The first kappa shape index (κ1) is 14.0. The fourth-order valence-electron chi connectivity index (χ4n) is 2.14. The van der Waals surface area contributed by atoms with Gasteiger partial charge in [-0.3, -0.25) is 4.79 Å². The van der Waals surface area contributed by atoms with E-state index in [4.69, 9.17) is 10.8 Å². The summed E-state index contributed by atoms with van der Waals surface area (Å²) in [7, 11) is 0. The maximum absolute atomic E-state index is 11.3. The number of carboxylic acid groups (broad SMARTS) is 1. The minimum absolute atomic E-state index is 0.0217. The Morgan fingerprint density at radius 3 is 2.50 bits per heavy atom. The molecule has 6 nitrogen and oxygen atoms in total. The number of nitrogens with zero attached hydrogens (tertiary/aromatic N) is 2. The van der Waals surface area contributed by atoms with E-state index < -0.39 is 11.9 Å². The fraction of sp³-hybridized carbons (Fsp3) is 0.357. The van der Waals surface area contributed by atoms with Crippen molar-refractivity contribution in [2.45, 2.75) is 32.7 Å². The van der Waals surface area contributed by atoms with Gasteiger partial charge in [0.1, 0.15) is 12.4 Å². The van der Waals surface area contributed by atoms with Gasteiger partial charge in [-0.05, 0) is 18.2 Å². The van der Waals surface area contributed by atoms with Crippen molar-refractivity contribution in [3.63, 3.8) is 0 Å². The minimum atomic E-state index is -1.02. The molecule has 0 aliphatic heterocycles. The van der Waals surface area contributed by atoms with E-state index in [2.05, 4.69) is 4.98 Å². The van der Waals surface area contributed by atoms with E-state index in [1.807, 2.05) is 20.8 Å².